The van der Waals surface area contributed by atoms with E-state index in [9.17, 15) is 136 Å². The van der Waals surface area contributed by atoms with E-state index in [0.717, 1.165) is 60.1 Å². The molecule has 0 aliphatic rings. The molecule has 0 saturated heterocycles. The van der Waals surface area contributed by atoms with Crippen LogP contribution in [0, 0.1) is 0 Å². The van der Waals surface area contributed by atoms with E-state index in [2.05, 4.69) is 14.7 Å². The van der Waals surface area contributed by atoms with Gasteiger partial charge in [-0.15, -0.1) is 0 Å². The SMILES string of the molecule is CCCCCCCCc1cnc(-c2ccc(OCC(F)(F)C(F)(F)C(F)(F)C(F)(F)C(F)(F)C(F)(F)C(F)(F)C(F)(F)C(F)(F)OC(F)(F)C(F)(F)OC(F)(F)C(F)(F)C(F)(F)C(F)(F)F)cc2)nc1. The number of hydrogen-bond donors (Lipinski definition) is 0. The first-order valence-corrected chi connectivity index (χ1v) is 18.2. The minimum Gasteiger partial charge on any atom is -0.487 e. The van der Waals surface area contributed by atoms with Crippen LogP contribution >= 0.6 is 0 Å². The number of nitrogens with zero attached hydrogens (tertiary/aromatic N) is 2. The molecule has 0 amide bonds. The van der Waals surface area contributed by atoms with Crippen LogP contribution in [0.4, 0.5) is 136 Å². The lowest BCUT2D eigenvalue weighted by Crippen LogP contribution is -2.76. The number of aryl methyl sites for hydroxylation is 1. The maximum Gasteiger partial charge on any atom is 0.460 e. The Hall–Kier alpha value is -4.15. The Morgan fingerprint density at radius 1 is 0.386 bits per heavy atom. The summed E-state index contributed by atoms with van der Waals surface area (Å²) in [5, 5.41) is 0. The van der Waals surface area contributed by atoms with Crippen molar-refractivity contribution in [3.8, 4) is 17.1 Å². The van der Waals surface area contributed by atoms with Gasteiger partial charge in [0.1, 0.15) is 5.75 Å². The van der Waals surface area contributed by atoms with E-state index in [-0.39, 0.29) is 11.4 Å². The van der Waals surface area contributed by atoms with Gasteiger partial charge in [-0.2, -0.15) is 136 Å². The lowest BCUT2D eigenvalue weighted by molar-refractivity contribution is -0.560. The number of rotatable bonds is 26. The first kappa shape index (κ1) is 62.0. The second kappa shape index (κ2) is 19.4. The fraction of sp³-hybridized carbons (Fsp3) is 0.706. The smallest absolute Gasteiger partial charge is 0.460 e. The highest BCUT2D eigenvalue weighted by Gasteiger charge is 2.97. The molecule has 5 nitrogen and oxygen atoms in total. The van der Waals surface area contributed by atoms with Gasteiger partial charge in [-0.05, 0) is 42.7 Å². The van der Waals surface area contributed by atoms with Gasteiger partial charge in [0.05, 0.1) is 0 Å². The zero-order chi connectivity index (χ0) is 55.2. The lowest BCUT2D eigenvalue weighted by atomic mass is 9.87. The summed E-state index contributed by atoms with van der Waals surface area (Å²) in [5.41, 5.74) is 0.596. The molecule has 1 heterocycles. The van der Waals surface area contributed by atoms with Crippen molar-refractivity contribution in [3.05, 3.63) is 42.2 Å². The third-order valence-corrected chi connectivity index (χ3v) is 9.22. The highest BCUT2D eigenvalue weighted by Crippen LogP contribution is 2.66. The number of alkyl halides is 31. The molecule has 1 aromatic heterocycles. The third kappa shape index (κ3) is 10.7. The normalized spacial score (nSPS) is 15.4. The Bertz CT molecular complexity index is 2040. The maximum atomic E-state index is 14.4. The summed E-state index contributed by atoms with van der Waals surface area (Å²) in [6, 6.07) is 2.68. The average molecular weight is 1100 g/mol. The number of hydrogen-bond acceptors (Lipinski definition) is 5. The maximum absolute atomic E-state index is 14.4. The van der Waals surface area contributed by atoms with Gasteiger partial charge in [0.15, 0.2) is 12.4 Å². The van der Waals surface area contributed by atoms with E-state index in [4.69, 9.17) is 0 Å². The molecule has 2 rings (SSSR count). The molecule has 0 unspecified atom stereocenters. The van der Waals surface area contributed by atoms with E-state index in [1.807, 2.05) is 6.92 Å². The Morgan fingerprint density at radius 2 is 0.729 bits per heavy atom. The van der Waals surface area contributed by atoms with E-state index >= 15 is 0 Å². The van der Waals surface area contributed by atoms with E-state index in [1.165, 1.54) is 12.4 Å². The summed E-state index contributed by atoms with van der Waals surface area (Å²) in [4.78, 5) is 7.96. The quantitative estimate of drug-likeness (QED) is 0.0694. The number of unbranched alkanes of at least 4 members (excludes halogenated alkanes) is 5. The molecule has 70 heavy (non-hydrogen) atoms. The van der Waals surface area contributed by atoms with Gasteiger partial charge in [0.2, 0.25) is 0 Å². The van der Waals surface area contributed by atoms with E-state index in [1.54, 1.807) is 0 Å². The highest BCUT2D eigenvalue weighted by atomic mass is 19.4. The number of halogens is 31. The zero-order valence-corrected chi connectivity index (χ0v) is 33.5. The molecule has 406 valence electrons. The van der Waals surface area contributed by atoms with Crippen LogP contribution in [0.5, 0.6) is 5.75 Å². The van der Waals surface area contributed by atoms with Gasteiger partial charge >= 0.3 is 89.8 Å². The zero-order valence-electron chi connectivity index (χ0n) is 33.5. The van der Waals surface area contributed by atoms with Gasteiger partial charge in [-0.3, -0.25) is 0 Å². The van der Waals surface area contributed by atoms with Crippen molar-refractivity contribution in [2.75, 3.05) is 6.61 Å². The van der Waals surface area contributed by atoms with Crippen molar-refractivity contribution in [1.82, 2.24) is 9.97 Å². The van der Waals surface area contributed by atoms with Crippen molar-refractivity contribution in [2.45, 2.75) is 142 Å². The Labute approximate surface area is 368 Å². The first-order chi connectivity index (χ1) is 30.9. The third-order valence-electron chi connectivity index (χ3n) is 9.22. The van der Waals surface area contributed by atoms with Gasteiger partial charge in [0, 0.05) is 18.0 Å². The molecule has 2 aromatic rings. The Morgan fingerprint density at radius 3 is 1.11 bits per heavy atom. The Kier molecular flexibility index (Phi) is 17.1. The molecule has 0 atom stereocenters. The lowest BCUT2D eigenvalue weighted by Gasteiger charge is -2.44. The van der Waals surface area contributed by atoms with Crippen LogP contribution in [0.25, 0.3) is 11.4 Å². The molecule has 0 aliphatic carbocycles. The van der Waals surface area contributed by atoms with Crippen LogP contribution in [0.1, 0.15) is 51.0 Å². The fourth-order valence-corrected chi connectivity index (χ4v) is 5.04. The number of ether oxygens (including phenoxy) is 3. The number of aromatic nitrogens is 2. The van der Waals surface area contributed by atoms with Crippen molar-refractivity contribution < 1.29 is 150 Å². The molecule has 0 aliphatic heterocycles. The topological polar surface area (TPSA) is 53.5 Å². The Balaban J connectivity index is 2.39. The van der Waals surface area contributed by atoms with E-state index in [0.29, 0.717) is 24.1 Å². The molecule has 0 N–H and O–H groups in total. The van der Waals surface area contributed by atoms with E-state index < -0.39 is 102 Å². The van der Waals surface area contributed by atoms with Gasteiger partial charge < -0.3 is 4.74 Å². The van der Waals surface area contributed by atoms with Crippen LogP contribution in [0.3, 0.4) is 0 Å². The molecule has 0 radical (unpaired) electrons. The van der Waals surface area contributed by atoms with Crippen molar-refractivity contribution in [2.24, 2.45) is 0 Å². The van der Waals surface area contributed by atoms with Crippen LogP contribution < -0.4 is 4.74 Å². The summed E-state index contributed by atoms with van der Waals surface area (Å²) in [6.07, 6.45) is -34.3. The van der Waals surface area contributed by atoms with Gasteiger partial charge in [0.25, 0.3) is 0 Å². The number of benzene rings is 1. The summed E-state index contributed by atoms with van der Waals surface area (Å²) in [6.45, 7) is -1.41. The van der Waals surface area contributed by atoms with Crippen molar-refractivity contribution in [1.29, 1.82) is 0 Å². The molecular formula is C34H25F31N2O3. The monoisotopic (exact) mass is 1100 g/mol. The molecule has 0 bridgehead atoms. The molecule has 0 saturated carbocycles. The van der Waals surface area contributed by atoms with Crippen LogP contribution in [-0.4, -0.2) is 106 Å². The van der Waals surface area contributed by atoms with Gasteiger partial charge in [-0.1, -0.05) is 39.0 Å². The largest absolute Gasteiger partial charge is 0.487 e. The first-order valence-electron chi connectivity index (χ1n) is 18.2. The summed E-state index contributed by atoms with van der Waals surface area (Å²) in [5.74, 6) is -90.8. The average Bonchev–Trinajstić information content (AvgIpc) is 3.19. The second-order valence-electron chi connectivity index (χ2n) is 14.4. The van der Waals surface area contributed by atoms with Crippen LogP contribution in [0.15, 0.2) is 36.7 Å². The van der Waals surface area contributed by atoms with Gasteiger partial charge in [-0.25, -0.2) is 19.4 Å². The minimum absolute atomic E-state index is 0.0396. The minimum atomic E-state index is -9.72. The summed E-state index contributed by atoms with van der Waals surface area (Å²) < 4.78 is 431. The van der Waals surface area contributed by atoms with Crippen LogP contribution in [0.2, 0.25) is 0 Å². The molecule has 36 heteroatoms. The molecule has 0 fully saturated rings. The predicted octanol–water partition coefficient (Wildman–Crippen LogP) is 14.7. The molecular weight excluding hydrogens is 1070 g/mol. The standard InChI is InChI=1S/C34H25F31N2O3/c1-2-3-4-5-6-7-8-16-13-66-19(67-14-16)17-9-11-18(12-10-17)68-15-20(35,36)21(37,38)22(39,40)23(41,42)24(43,44)25(45,46)26(47,48)28(51,52)31(58,59)69-33(62,63)34(64,65)70-32(60,61)29(53,54)27(49,50)30(55,56)57/h9-14H,2-8,15H2,1H3. The molecule has 0 spiro atoms. The fourth-order valence-electron chi connectivity index (χ4n) is 5.04. The van der Waals surface area contributed by atoms with Crippen LogP contribution in [-0.2, 0) is 15.9 Å². The second-order valence-corrected chi connectivity index (χ2v) is 14.4. The summed E-state index contributed by atoms with van der Waals surface area (Å²) >= 11 is 0. The summed E-state index contributed by atoms with van der Waals surface area (Å²) in [7, 11) is 0. The van der Waals surface area contributed by atoms with Crippen molar-refractivity contribution in [3.63, 3.8) is 0 Å². The predicted molar refractivity (Wildman–Crippen MR) is 168 cm³/mol. The molecule has 1 aromatic carbocycles. The highest BCUT2D eigenvalue weighted by molar-refractivity contribution is 5.56. The van der Waals surface area contributed by atoms with Crippen molar-refractivity contribution >= 4 is 0 Å².